The van der Waals surface area contributed by atoms with Gasteiger partial charge >= 0.3 is 6.03 Å². The number of nitrogens with one attached hydrogen (secondary N) is 2. The second-order valence-corrected chi connectivity index (χ2v) is 5.64. The number of amides is 3. The predicted octanol–water partition coefficient (Wildman–Crippen LogP) is 3.17. The molecule has 3 amide bonds. The lowest BCUT2D eigenvalue weighted by Gasteiger charge is -2.14. The predicted molar refractivity (Wildman–Crippen MR) is 89.4 cm³/mol. The summed E-state index contributed by atoms with van der Waals surface area (Å²) in [5.41, 5.74) is 1.38. The van der Waals surface area contributed by atoms with E-state index in [4.69, 9.17) is 23.2 Å². The Labute approximate surface area is 142 Å². The summed E-state index contributed by atoms with van der Waals surface area (Å²) in [6.45, 7) is 1.24. The van der Waals surface area contributed by atoms with Crippen LogP contribution >= 0.6 is 23.2 Å². The molecule has 0 bridgehead atoms. The summed E-state index contributed by atoms with van der Waals surface area (Å²) in [6, 6.07) is 9.82. The van der Waals surface area contributed by atoms with E-state index in [1.54, 1.807) is 29.2 Å². The Morgan fingerprint density at radius 2 is 1.91 bits per heavy atom. The molecule has 3 rings (SSSR count). The molecule has 23 heavy (non-hydrogen) atoms. The number of hydrogen-bond acceptors (Lipinski definition) is 3. The molecular formula is C15H12Cl2N4O2. The van der Waals surface area contributed by atoms with Crippen molar-refractivity contribution in [1.82, 2.24) is 10.3 Å². The average molecular weight is 351 g/mol. The number of aromatic nitrogens is 1. The molecule has 2 N–H and O–H groups in total. The van der Waals surface area contributed by atoms with Crippen LogP contribution in [0.4, 0.5) is 16.2 Å². The maximum absolute atomic E-state index is 12.2. The van der Waals surface area contributed by atoms with Gasteiger partial charge in [-0.15, -0.1) is 0 Å². The van der Waals surface area contributed by atoms with Crippen molar-refractivity contribution in [1.29, 1.82) is 0 Å². The van der Waals surface area contributed by atoms with E-state index in [2.05, 4.69) is 15.6 Å². The number of carbonyl (C=O) groups excluding carboxylic acids is 2. The van der Waals surface area contributed by atoms with Crippen molar-refractivity contribution in [2.75, 3.05) is 23.3 Å². The topological polar surface area (TPSA) is 74.3 Å². The van der Waals surface area contributed by atoms with Crippen molar-refractivity contribution in [2.24, 2.45) is 0 Å². The molecular weight excluding hydrogens is 339 g/mol. The summed E-state index contributed by atoms with van der Waals surface area (Å²) in [4.78, 5) is 29.3. The SMILES string of the molecule is O=C(Nc1ccc(N2CCNC2=O)cc1)c1nc(Cl)ccc1Cl. The molecule has 1 aliphatic rings. The number of nitrogens with zero attached hydrogens (tertiary/aromatic N) is 2. The highest BCUT2D eigenvalue weighted by Crippen LogP contribution is 2.21. The van der Waals surface area contributed by atoms with Gasteiger partial charge < -0.3 is 10.6 Å². The van der Waals surface area contributed by atoms with Gasteiger partial charge in [-0.2, -0.15) is 0 Å². The molecule has 1 fully saturated rings. The number of urea groups is 1. The van der Waals surface area contributed by atoms with Gasteiger partial charge in [0, 0.05) is 24.5 Å². The quantitative estimate of drug-likeness (QED) is 0.834. The molecule has 2 aromatic rings. The third kappa shape index (κ3) is 3.38. The minimum absolute atomic E-state index is 0.0576. The molecule has 1 aromatic heterocycles. The van der Waals surface area contributed by atoms with Crippen LogP contribution in [0.1, 0.15) is 10.5 Å². The molecule has 8 heteroatoms. The Kier molecular flexibility index (Phi) is 4.36. The molecule has 0 unspecified atom stereocenters. The summed E-state index contributed by atoms with van der Waals surface area (Å²) >= 11 is 11.7. The van der Waals surface area contributed by atoms with Crippen molar-refractivity contribution in [2.45, 2.75) is 0 Å². The normalized spacial score (nSPS) is 13.8. The van der Waals surface area contributed by atoms with Gasteiger partial charge in [0.15, 0.2) is 0 Å². The molecule has 2 heterocycles. The van der Waals surface area contributed by atoms with Crippen LogP contribution in [-0.2, 0) is 0 Å². The van der Waals surface area contributed by atoms with Crippen LogP contribution in [0.2, 0.25) is 10.2 Å². The fourth-order valence-electron chi connectivity index (χ4n) is 2.21. The number of pyridine rings is 1. The monoisotopic (exact) mass is 350 g/mol. The van der Waals surface area contributed by atoms with Crippen LogP contribution in [0, 0.1) is 0 Å². The highest BCUT2D eigenvalue weighted by molar-refractivity contribution is 6.35. The number of carbonyl (C=O) groups is 2. The van der Waals surface area contributed by atoms with Gasteiger partial charge in [-0.1, -0.05) is 23.2 Å². The van der Waals surface area contributed by atoms with Gasteiger partial charge in [-0.3, -0.25) is 9.69 Å². The minimum Gasteiger partial charge on any atom is -0.336 e. The summed E-state index contributed by atoms with van der Waals surface area (Å²) in [7, 11) is 0. The molecule has 1 aliphatic heterocycles. The highest BCUT2D eigenvalue weighted by Gasteiger charge is 2.21. The van der Waals surface area contributed by atoms with Gasteiger partial charge in [0.05, 0.1) is 5.02 Å². The van der Waals surface area contributed by atoms with E-state index in [1.165, 1.54) is 12.1 Å². The second-order valence-electron chi connectivity index (χ2n) is 4.85. The van der Waals surface area contributed by atoms with Crippen LogP contribution in [0.25, 0.3) is 0 Å². The fourth-order valence-corrected chi connectivity index (χ4v) is 2.55. The van der Waals surface area contributed by atoms with Crippen molar-refractivity contribution in [3.05, 3.63) is 52.3 Å². The van der Waals surface area contributed by atoms with Crippen molar-refractivity contribution in [3.8, 4) is 0 Å². The molecule has 0 spiro atoms. The Hall–Kier alpha value is -2.31. The van der Waals surface area contributed by atoms with E-state index >= 15 is 0 Å². The standard InChI is InChI=1S/C15H12Cl2N4O2/c16-11-5-6-12(17)20-13(11)14(22)19-9-1-3-10(4-2-9)21-8-7-18-15(21)23/h1-6H,7-8H2,(H,18,23)(H,19,22). The highest BCUT2D eigenvalue weighted by atomic mass is 35.5. The zero-order valence-corrected chi connectivity index (χ0v) is 13.4. The Morgan fingerprint density at radius 3 is 2.57 bits per heavy atom. The summed E-state index contributed by atoms with van der Waals surface area (Å²) < 4.78 is 0. The number of benzene rings is 1. The van der Waals surface area contributed by atoms with Gasteiger partial charge in [-0.05, 0) is 36.4 Å². The molecule has 1 saturated heterocycles. The summed E-state index contributed by atoms with van der Waals surface area (Å²) in [5, 5.41) is 5.83. The van der Waals surface area contributed by atoms with Crippen molar-refractivity contribution < 1.29 is 9.59 Å². The summed E-state index contributed by atoms with van der Waals surface area (Å²) in [6.07, 6.45) is 0. The second kappa shape index (κ2) is 6.44. The van der Waals surface area contributed by atoms with Crippen LogP contribution in [0.15, 0.2) is 36.4 Å². The van der Waals surface area contributed by atoms with Gasteiger partial charge in [0.25, 0.3) is 5.91 Å². The first kappa shape index (κ1) is 15.6. The number of anilines is 2. The first-order chi connectivity index (χ1) is 11.0. The zero-order chi connectivity index (χ0) is 16.4. The van der Waals surface area contributed by atoms with Crippen LogP contribution < -0.4 is 15.5 Å². The molecule has 0 aliphatic carbocycles. The third-order valence-corrected chi connectivity index (χ3v) is 3.84. The Balaban J connectivity index is 1.74. The van der Waals surface area contributed by atoms with E-state index in [-0.39, 0.29) is 21.9 Å². The lowest BCUT2D eigenvalue weighted by atomic mass is 10.2. The molecule has 1 aromatic carbocycles. The average Bonchev–Trinajstić information content (AvgIpc) is 2.96. The van der Waals surface area contributed by atoms with E-state index in [9.17, 15) is 9.59 Å². The number of hydrogen-bond donors (Lipinski definition) is 2. The van der Waals surface area contributed by atoms with Crippen LogP contribution in [0.3, 0.4) is 0 Å². The van der Waals surface area contributed by atoms with Gasteiger partial charge in [0.2, 0.25) is 0 Å². The number of rotatable bonds is 3. The van der Waals surface area contributed by atoms with Crippen molar-refractivity contribution >= 4 is 46.5 Å². The van der Waals surface area contributed by atoms with Crippen LogP contribution in [-0.4, -0.2) is 30.0 Å². The first-order valence-corrected chi connectivity index (χ1v) is 7.59. The molecule has 0 radical (unpaired) electrons. The van der Waals surface area contributed by atoms with Gasteiger partial charge in [-0.25, -0.2) is 9.78 Å². The summed E-state index contributed by atoms with van der Waals surface area (Å²) in [5.74, 6) is -0.454. The van der Waals surface area contributed by atoms with Crippen molar-refractivity contribution in [3.63, 3.8) is 0 Å². The lowest BCUT2D eigenvalue weighted by Crippen LogP contribution is -2.27. The smallest absolute Gasteiger partial charge is 0.321 e. The Morgan fingerprint density at radius 1 is 1.17 bits per heavy atom. The maximum Gasteiger partial charge on any atom is 0.321 e. The largest absolute Gasteiger partial charge is 0.336 e. The molecule has 6 nitrogen and oxygen atoms in total. The fraction of sp³-hybridized carbons (Fsp3) is 0.133. The van der Waals surface area contributed by atoms with Crippen LogP contribution in [0.5, 0.6) is 0 Å². The van der Waals surface area contributed by atoms with E-state index in [1.807, 2.05) is 0 Å². The van der Waals surface area contributed by atoms with Gasteiger partial charge in [0.1, 0.15) is 10.8 Å². The maximum atomic E-state index is 12.2. The van der Waals surface area contributed by atoms with E-state index in [0.29, 0.717) is 18.8 Å². The van der Waals surface area contributed by atoms with E-state index < -0.39 is 5.91 Å². The zero-order valence-electron chi connectivity index (χ0n) is 11.8. The molecule has 0 saturated carbocycles. The molecule has 118 valence electrons. The first-order valence-electron chi connectivity index (χ1n) is 6.83. The third-order valence-electron chi connectivity index (χ3n) is 3.32. The lowest BCUT2D eigenvalue weighted by molar-refractivity contribution is 0.102. The minimum atomic E-state index is -0.454. The Bertz CT molecular complexity index is 765. The van der Waals surface area contributed by atoms with E-state index in [0.717, 1.165) is 5.69 Å². The number of halogens is 2. The molecule has 0 atom stereocenters.